The lowest BCUT2D eigenvalue weighted by atomic mass is 10.1. The van der Waals surface area contributed by atoms with Gasteiger partial charge in [0, 0.05) is 24.7 Å². The monoisotopic (exact) mass is 268 g/mol. The van der Waals surface area contributed by atoms with Crippen molar-refractivity contribution in [3.63, 3.8) is 0 Å². The molecule has 0 fully saturated rings. The molecule has 0 aliphatic carbocycles. The van der Waals surface area contributed by atoms with Crippen molar-refractivity contribution in [2.75, 3.05) is 26.7 Å². The molecule has 18 heavy (non-hydrogen) atoms. The number of hydrogen-bond donors (Lipinski definition) is 1. The van der Waals surface area contributed by atoms with E-state index in [1.165, 1.54) is 12.0 Å². The molecule has 3 heteroatoms. The van der Waals surface area contributed by atoms with Gasteiger partial charge < -0.3 is 10.2 Å². The highest BCUT2D eigenvalue weighted by Gasteiger charge is 2.01. The highest BCUT2D eigenvalue weighted by molar-refractivity contribution is 6.30. The van der Waals surface area contributed by atoms with E-state index in [-0.39, 0.29) is 0 Å². The number of halogens is 1. The van der Waals surface area contributed by atoms with E-state index in [1.807, 2.05) is 18.2 Å². The van der Waals surface area contributed by atoms with Crippen molar-refractivity contribution in [1.29, 1.82) is 0 Å². The summed E-state index contributed by atoms with van der Waals surface area (Å²) in [6.45, 7) is 8.68. The van der Waals surface area contributed by atoms with E-state index in [0.717, 1.165) is 37.1 Å². The predicted molar refractivity (Wildman–Crippen MR) is 80.1 cm³/mol. The Hall–Kier alpha value is -0.570. The van der Waals surface area contributed by atoms with Crippen LogP contribution in [0.15, 0.2) is 24.3 Å². The van der Waals surface area contributed by atoms with Crippen LogP contribution in [0.4, 0.5) is 0 Å². The van der Waals surface area contributed by atoms with E-state index in [1.54, 1.807) is 0 Å². The maximum absolute atomic E-state index is 5.97. The molecule has 1 rings (SSSR count). The molecule has 0 amide bonds. The molecule has 1 aromatic rings. The third-order valence-electron chi connectivity index (χ3n) is 2.91. The number of rotatable bonds is 8. The second-order valence-corrected chi connectivity index (χ2v) is 5.74. The molecule has 0 heterocycles. The quantitative estimate of drug-likeness (QED) is 0.727. The van der Waals surface area contributed by atoms with Gasteiger partial charge in [0.05, 0.1) is 0 Å². The fourth-order valence-electron chi connectivity index (χ4n) is 1.81. The van der Waals surface area contributed by atoms with E-state index < -0.39 is 0 Å². The molecule has 0 unspecified atom stereocenters. The maximum atomic E-state index is 5.97. The van der Waals surface area contributed by atoms with Crippen LogP contribution in [0.3, 0.4) is 0 Å². The van der Waals surface area contributed by atoms with E-state index in [2.05, 4.69) is 37.2 Å². The van der Waals surface area contributed by atoms with E-state index in [0.29, 0.717) is 0 Å². The molecule has 0 saturated carbocycles. The molecule has 0 aromatic heterocycles. The highest BCUT2D eigenvalue weighted by atomic mass is 35.5. The van der Waals surface area contributed by atoms with Gasteiger partial charge in [-0.3, -0.25) is 0 Å². The molecule has 2 nitrogen and oxygen atoms in total. The Balaban J connectivity index is 2.16. The first-order valence-corrected chi connectivity index (χ1v) is 7.09. The minimum Gasteiger partial charge on any atom is -0.315 e. The van der Waals surface area contributed by atoms with Crippen LogP contribution in [0.2, 0.25) is 5.02 Å². The van der Waals surface area contributed by atoms with Crippen LogP contribution in [-0.4, -0.2) is 31.6 Å². The number of benzene rings is 1. The molecule has 0 aliphatic heterocycles. The first-order chi connectivity index (χ1) is 8.58. The molecular formula is C15H25ClN2. The lowest BCUT2D eigenvalue weighted by Crippen LogP contribution is -2.29. The largest absolute Gasteiger partial charge is 0.315 e. The van der Waals surface area contributed by atoms with Crippen molar-refractivity contribution in [3.8, 4) is 0 Å². The number of hydrogen-bond acceptors (Lipinski definition) is 2. The second kappa shape index (κ2) is 8.52. The minimum atomic E-state index is 0.779. The van der Waals surface area contributed by atoms with Crippen molar-refractivity contribution in [3.05, 3.63) is 34.9 Å². The Morgan fingerprint density at radius 3 is 2.72 bits per heavy atom. The number of likely N-dealkylation sites (N-methyl/N-ethyl adjacent to an activating group) is 1. The smallest absolute Gasteiger partial charge is 0.0409 e. The Morgan fingerprint density at radius 1 is 1.28 bits per heavy atom. The molecule has 102 valence electrons. The molecule has 0 spiro atoms. The summed E-state index contributed by atoms with van der Waals surface area (Å²) in [6, 6.07) is 8.07. The lowest BCUT2D eigenvalue weighted by molar-refractivity contribution is 0.323. The van der Waals surface area contributed by atoms with Crippen molar-refractivity contribution < 1.29 is 0 Å². The van der Waals surface area contributed by atoms with Crippen molar-refractivity contribution in [2.45, 2.75) is 26.8 Å². The first-order valence-electron chi connectivity index (χ1n) is 6.71. The minimum absolute atomic E-state index is 0.779. The average Bonchev–Trinajstić information content (AvgIpc) is 2.28. The SMILES string of the molecule is CC(C)CCNCCN(C)Cc1cccc(Cl)c1. The van der Waals surface area contributed by atoms with Gasteiger partial charge in [-0.15, -0.1) is 0 Å². The fourth-order valence-corrected chi connectivity index (χ4v) is 2.02. The van der Waals surface area contributed by atoms with Crippen LogP contribution in [-0.2, 0) is 6.54 Å². The van der Waals surface area contributed by atoms with Crippen LogP contribution in [0.25, 0.3) is 0 Å². The van der Waals surface area contributed by atoms with Crippen LogP contribution in [0.5, 0.6) is 0 Å². The topological polar surface area (TPSA) is 15.3 Å². The zero-order chi connectivity index (χ0) is 13.4. The van der Waals surface area contributed by atoms with Crippen LogP contribution >= 0.6 is 11.6 Å². The zero-order valence-electron chi connectivity index (χ0n) is 11.7. The molecule has 0 radical (unpaired) electrons. The summed E-state index contributed by atoms with van der Waals surface area (Å²) in [5, 5.41) is 4.29. The molecule has 0 saturated heterocycles. The normalized spacial score (nSPS) is 11.4. The average molecular weight is 269 g/mol. The van der Waals surface area contributed by atoms with Gasteiger partial charge in [-0.25, -0.2) is 0 Å². The Kier molecular flexibility index (Phi) is 7.33. The van der Waals surface area contributed by atoms with E-state index >= 15 is 0 Å². The zero-order valence-corrected chi connectivity index (χ0v) is 12.5. The summed E-state index contributed by atoms with van der Waals surface area (Å²) in [7, 11) is 2.14. The van der Waals surface area contributed by atoms with Crippen molar-refractivity contribution in [1.82, 2.24) is 10.2 Å². The standard InChI is InChI=1S/C15H25ClN2/c1-13(2)7-8-17-9-10-18(3)12-14-5-4-6-15(16)11-14/h4-6,11,13,17H,7-10,12H2,1-3H3. The van der Waals surface area contributed by atoms with Crippen LogP contribution in [0.1, 0.15) is 25.8 Å². The van der Waals surface area contributed by atoms with Crippen LogP contribution < -0.4 is 5.32 Å². The fraction of sp³-hybridized carbons (Fsp3) is 0.600. The third kappa shape index (κ3) is 7.00. The second-order valence-electron chi connectivity index (χ2n) is 5.30. The van der Waals surface area contributed by atoms with Gasteiger partial charge in [-0.1, -0.05) is 37.6 Å². The van der Waals surface area contributed by atoms with Crippen molar-refractivity contribution in [2.24, 2.45) is 5.92 Å². The van der Waals surface area contributed by atoms with Gasteiger partial charge in [0.2, 0.25) is 0 Å². The molecular weight excluding hydrogens is 244 g/mol. The molecule has 1 N–H and O–H groups in total. The Morgan fingerprint density at radius 2 is 2.06 bits per heavy atom. The third-order valence-corrected chi connectivity index (χ3v) is 3.15. The van der Waals surface area contributed by atoms with Gasteiger partial charge >= 0.3 is 0 Å². The summed E-state index contributed by atoms with van der Waals surface area (Å²) in [5.74, 6) is 0.779. The predicted octanol–water partition coefficient (Wildman–Crippen LogP) is 3.41. The van der Waals surface area contributed by atoms with E-state index in [4.69, 9.17) is 11.6 Å². The molecule has 0 bridgehead atoms. The summed E-state index contributed by atoms with van der Waals surface area (Å²) in [6.07, 6.45) is 1.25. The number of nitrogens with one attached hydrogen (secondary N) is 1. The Labute approximate surface area is 116 Å². The van der Waals surface area contributed by atoms with Gasteiger partial charge in [0.1, 0.15) is 0 Å². The molecule has 0 aliphatic rings. The van der Waals surface area contributed by atoms with Crippen LogP contribution in [0, 0.1) is 5.92 Å². The number of nitrogens with zero attached hydrogens (tertiary/aromatic N) is 1. The lowest BCUT2D eigenvalue weighted by Gasteiger charge is -2.17. The molecule has 1 aromatic carbocycles. The Bertz CT molecular complexity index is 339. The molecule has 0 atom stereocenters. The van der Waals surface area contributed by atoms with Gasteiger partial charge in [-0.2, -0.15) is 0 Å². The highest BCUT2D eigenvalue weighted by Crippen LogP contribution is 2.11. The van der Waals surface area contributed by atoms with Gasteiger partial charge in [0.15, 0.2) is 0 Å². The van der Waals surface area contributed by atoms with E-state index in [9.17, 15) is 0 Å². The maximum Gasteiger partial charge on any atom is 0.0409 e. The summed E-state index contributed by atoms with van der Waals surface area (Å²) in [4.78, 5) is 2.31. The summed E-state index contributed by atoms with van der Waals surface area (Å²) < 4.78 is 0. The van der Waals surface area contributed by atoms with Gasteiger partial charge in [-0.05, 0) is 43.6 Å². The van der Waals surface area contributed by atoms with Crippen molar-refractivity contribution >= 4 is 11.6 Å². The first kappa shape index (κ1) is 15.5. The summed E-state index contributed by atoms with van der Waals surface area (Å²) in [5.41, 5.74) is 1.27. The summed E-state index contributed by atoms with van der Waals surface area (Å²) >= 11 is 5.97. The van der Waals surface area contributed by atoms with Gasteiger partial charge in [0.25, 0.3) is 0 Å².